The molecule has 0 heterocycles. The number of hydrogen-bond donors (Lipinski definition) is 1. The van der Waals surface area contributed by atoms with E-state index in [2.05, 4.69) is 10.1 Å². The second-order valence-corrected chi connectivity index (χ2v) is 4.73. The van der Waals surface area contributed by atoms with Gasteiger partial charge in [0.25, 0.3) is 5.91 Å². The Balaban J connectivity index is 2.18. The largest absolute Gasteiger partial charge is 0.496 e. The SMILES string of the molecule is COC(=O)c1ccc(NC(=O)c2cc(C)ccc2OC)cc1. The number of amides is 1. The summed E-state index contributed by atoms with van der Waals surface area (Å²) in [6.45, 7) is 1.90. The molecule has 5 heteroatoms. The molecule has 2 aromatic carbocycles. The lowest BCUT2D eigenvalue weighted by molar-refractivity contribution is 0.0600. The highest BCUT2D eigenvalue weighted by Gasteiger charge is 2.13. The molecule has 1 amide bonds. The molecule has 0 saturated carbocycles. The minimum Gasteiger partial charge on any atom is -0.496 e. The fourth-order valence-corrected chi connectivity index (χ4v) is 2.01. The van der Waals surface area contributed by atoms with Crippen molar-refractivity contribution in [2.75, 3.05) is 19.5 Å². The molecule has 0 radical (unpaired) electrons. The Labute approximate surface area is 128 Å². The molecule has 0 fully saturated rings. The fraction of sp³-hybridized carbons (Fsp3) is 0.176. The third-order valence-corrected chi connectivity index (χ3v) is 3.16. The van der Waals surface area contributed by atoms with Crippen molar-refractivity contribution < 1.29 is 19.1 Å². The molecule has 0 aromatic heterocycles. The Kier molecular flexibility index (Phi) is 4.78. The molecule has 0 aliphatic heterocycles. The normalized spacial score (nSPS) is 9.95. The summed E-state index contributed by atoms with van der Waals surface area (Å²) in [5.74, 6) is -0.182. The van der Waals surface area contributed by atoms with Crippen LogP contribution in [0.3, 0.4) is 0 Å². The Hall–Kier alpha value is -2.82. The Bertz CT molecular complexity index is 692. The van der Waals surface area contributed by atoms with Crippen molar-refractivity contribution in [3.05, 3.63) is 59.2 Å². The number of ether oxygens (including phenoxy) is 2. The van der Waals surface area contributed by atoms with E-state index >= 15 is 0 Å². The summed E-state index contributed by atoms with van der Waals surface area (Å²) < 4.78 is 9.83. The highest BCUT2D eigenvalue weighted by Crippen LogP contribution is 2.21. The van der Waals surface area contributed by atoms with Crippen LogP contribution in [0.25, 0.3) is 0 Å². The van der Waals surface area contributed by atoms with Crippen molar-refractivity contribution in [3.8, 4) is 5.75 Å². The van der Waals surface area contributed by atoms with Gasteiger partial charge in [0.2, 0.25) is 0 Å². The van der Waals surface area contributed by atoms with Crippen LogP contribution in [0.2, 0.25) is 0 Å². The summed E-state index contributed by atoms with van der Waals surface area (Å²) in [5, 5.41) is 2.77. The van der Waals surface area contributed by atoms with Crippen molar-refractivity contribution in [2.45, 2.75) is 6.92 Å². The first-order valence-electron chi connectivity index (χ1n) is 6.69. The maximum atomic E-state index is 12.3. The third kappa shape index (κ3) is 3.44. The van der Waals surface area contributed by atoms with E-state index in [1.165, 1.54) is 14.2 Å². The molecule has 22 heavy (non-hydrogen) atoms. The van der Waals surface area contributed by atoms with Crippen LogP contribution < -0.4 is 10.1 Å². The van der Waals surface area contributed by atoms with Gasteiger partial charge in [-0.15, -0.1) is 0 Å². The lowest BCUT2D eigenvalue weighted by atomic mass is 10.1. The minimum absolute atomic E-state index is 0.272. The number of rotatable bonds is 4. The highest BCUT2D eigenvalue weighted by molar-refractivity contribution is 6.06. The van der Waals surface area contributed by atoms with Gasteiger partial charge in [0.15, 0.2) is 0 Å². The maximum absolute atomic E-state index is 12.3. The smallest absolute Gasteiger partial charge is 0.337 e. The van der Waals surface area contributed by atoms with Gasteiger partial charge in [-0.1, -0.05) is 11.6 Å². The van der Waals surface area contributed by atoms with Crippen molar-refractivity contribution in [1.82, 2.24) is 0 Å². The topological polar surface area (TPSA) is 64.6 Å². The van der Waals surface area contributed by atoms with Gasteiger partial charge in [0.1, 0.15) is 5.75 Å². The third-order valence-electron chi connectivity index (χ3n) is 3.16. The first-order chi connectivity index (χ1) is 10.5. The summed E-state index contributed by atoms with van der Waals surface area (Å²) in [7, 11) is 2.84. The molecule has 0 unspecified atom stereocenters. The van der Waals surface area contributed by atoms with E-state index in [-0.39, 0.29) is 5.91 Å². The Morgan fingerprint density at radius 3 is 2.27 bits per heavy atom. The number of esters is 1. The van der Waals surface area contributed by atoms with Crippen LogP contribution in [-0.2, 0) is 4.74 Å². The Morgan fingerprint density at radius 1 is 1.00 bits per heavy atom. The van der Waals surface area contributed by atoms with Crippen molar-refractivity contribution in [3.63, 3.8) is 0 Å². The summed E-state index contributed by atoms with van der Waals surface area (Å²) in [6.07, 6.45) is 0. The average Bonchev–Trinajstić information content (AvgIpc) is 2.54. The van der Waals surface area contributed by atoms with Gasteiger partial charge in [0.05, 0.1) is 25.3 Å². The van der Waals surface area contributed by atoms with E-state index in [1.54, 1.807) is 36.4 Å². The molecular weight excluding hydrogens is 282 g/mol. The van der Waals surface area contributed by atoms with Crippen LogP contribution in [-0.4, -0.2) is 26.1 Å². The van der Waals surface area contributed by atoms with Crippen molar-refractivity contribution in [1.29, 1.82) is 0 Å². The van der Waals surface area contributed by atoms with Crippen LogP contribution in [0.15, 0.2) is 42.5 Å². The zero-order valence-corrected chi connectivity index (χ0v) is 12.7. The number of hydrogen-bond acceptors (Lipinski definition) is 4. The van der Waals surface area contributed by atoms with Gasteiger partial charge in [-0.05, 0) is 43.3 Å². The van der Waals surface area contributed by atoms with Gasteiger partial charge in [-0.3, -0.25) is 4.79 Å². The molecule has 0 atom stereocenters. The van der Waals surface area contributed by atoms with Gasteiger partial charge in [0, 0.05) is 5.69 Å². The van der Waals surface area contributed by atoms with E-state index in [0.717, 1.165) is 5.56 Å². The van der Waals surface area contributed by atoms with Gasteiger partial charge in [-0.2, -0.15) is 0 Å². The maximum Gasteiger partial charge on any atom is 0.337 e. The summed E-state index contributed by atoms with van der Waals surface area (Å²) in [5.41, 5.74) is 2.43. The number of nitrogens with one attached hydrogen (secondary N) is 1. The number of methoxy groups -OCH3 is 2. The quantitative estimate of drug-likeness (QED) is 0.881. The minimum atomic E-state index is -0.418. The standard InChI is InChI=1S/C17H17NO4/c1-11-4-9-15(21-2)14(10-11)16(19)18-13-7-5-12(6-8-13)17(20)22-3/h4-10H,1-3H3,(H,18,19). The van der Waals surface area contributed by atoms with Crippen LogP contribution in [0.4, 0.5) is 5.69 Å². The first kappa shape index (κ1) is 15.6. The summed E-state index contributed by atoms with van der Waals surface area (Å²) in [6, 6.07) is 11.9. The summed E-state index contributed by atoms with van der Waals surface area (Å²) in [4.78, 5) is 23.7. The van der Waals surface area contributed by atoms with Gasteiger partial charge >= 0.3 is 5.97 Å². The van der Waals surface area contributed by atoms with Crippen LogP contribution >= 0.6 is 0 Å². The Morgan fingerprint density at radius 2 is 1.68 bits per heavy atom. The monoisotopic (exact) mass is 299 g/mol. The molecule has 114 valence electrons. The summed E-state index contributed by atoms with van der Waals surface area (Å²) >= 11 is 0. The molecule has 0 spiro atoms. The molecular formula is C17H17NO4. The number of aryl methyl sites for hydroxylation is 1. The van der Waals surface area contributed by atoms with E-state index in [9.17, 15) is 9.59 Å². The predicted molar refractivity (Wildman–Crippen MR) is 83.5 cm³/mol. The second-order valence-electron chi connectivity index (χ2n) is 4.73. The number of carbonyl (C=O) groups excluding carboxylic acids is 2. The zero-order chi connectivity index (χ0) is 16.1. The molecule has 1 N–H and O–H groups in total. The molecule has 2 rings (SSSR count). The van der Waals surface area contributed by atoms with Crippen LogP contribution in [0.5, 0.6) is 5.75 Å². The van der Waals surface area contributed by atoms with E-state index in [1.807, 2.05) is 13.0 Å². The molecule has 0 bridgehead atoms. The average molecular weight is 299 g/mol. The number of carbonyl (C=O) groups is 2. The second kappa shape index (κ2) is 6.76. The van der Waals surface area contributed by atoms with Crippen LogP contribution in [0, 0.1) is 6.92 Å². The molecule has 0 aliphatic rings. The van der Waals surface area contributed by atoms with Crippen molar-refractivity contribution in [2.24, 2.45) is 0 Å². The number of anilines is 1. The predicted octanol–water partition coefficient (Wildman–Crippen LogP) is 3.04. The van der Waals surface area contributed by atoms with Gasteiger partial charge < -0.3 is 14.8 Å². The van der Waals surface area contributed by atoms with Gasteiger partial charge in [-0.25, -0.2) is 4.79 Å². The number of benzene rings is 2. The molecule has 0 aliphatic carbocycles. The van der Waals surface area contributed by atoms with Crippen LogP contribution in [0.1, 0.15) is 26.3 Å². The first-order valence-corrected chi connectivity index (χ1v) is 6.69. The van der Waals surface area contributed by atoms with E-state index < -0.39 is 5.97 Å². The molecule has 5 nitrogen and oxygen atoms in total. The lowest BCUT2D eigenvalue weighted by Gasteiger charge is -2.10. The lowest BCUT2D eigenvalue weighted by Crippen LogP contribution is -2.13. The van der Waals surface area contributed by atoms with E-state index in [0.29, 0.717) is 22.6 Å². The molecule has 0 saturated heterocycles. The molecule has 2 aromatic rings. The fourth-order valence-electron chi connectivity index (χ4n) is 2.01. The highest BCUT2D eigenvalue weighted by atomic mass is 16.5. The van der Waals surface area contributed by atoms with Crippen molar-refractivity contribution >= 4 is 17.6 Å². The van der Waals surface area contributed by atoms with E-state index in [4.69, 9.17) is 4.74 Å². The zero-order valence-electron chi connectivity index (χ0n) is 12.7.